The molecule has 0 spiro atoms. The van der Waals surface area contributed by atoms with Crippen LogP contribution < -0.4 is 5.32 Å². The number of anilines is 1. The van der Waals surface area contributed by atoms with Gasteiger partial charge in [0.15, 0.2) is 0 Å². The number of aromatic nitrogens is 4. The monoisotopic (exact) mass is 297 g/mol. The van der Waals surface area contributed by atoms with Gasteiger partial charge in [-0.1, -0.05) is 6.07 Å². The van der Waals surface area contributed by atoms with Gasteiger partial charge >= 0.3 is 0 Å². The second-order valence-electron chi connectivity index (χ2n) is 4.72. The maximum absolute atomic E-state index is 13.1. The van der Waals surface area contributed by atoms with Crippen molar-refractivity contribution in [2.45, 2.75) is 6.92 Å². The van der Waals surface area contributed by atoms with E-state index in [2.05, 4.69) is 20.8 Å². The second kappa shape index (κ2) is 5.72. The van der Waals surface area contributed by atoms with Gasteiger partial charge in [0.2, 0.25) is 0 Å². The van der Waals surface area contributed by atoms with Crippen molar-refractivity contribution in [2.75, 3.05) is 5.32 Å². The van der Waals surface area contributed by atoms with E-state index in [1.54, 1.807) is 31.2 Å². The zero-order valence-electron chi connectivity index (χ0n) is 11.7. The maximum atomic E-state index is 13.1. The van der Waals surface area contributed by atoms with Crippen molar-refractivity contribution in [3.8, 4) is 5.69 Å². The first-order valence-electron chi connectivity index (χ1n) is 6.54. The van der Waals surface area contributed by atoms with Crippen molar-refractivity contribution in [2.24, 2.45) is 0 Å². The zero-order valence-corrected chi connectivity index (χ0v) is 11.7. The van der Waals surface area contributed by atoms with Crippen molar-refractivity contribution in [3.05, 3.63) is 65.7 Å². The molecule has 2 aromatic carbocycles. The minimum Gasteiger partial charge on any atom is -0.322 e. The molecule has 0 radical (unpaired) electrons. The molecule has 1 N–H and O–H groups in total. The number of hydrogen-bond acceptors (Lipinski definition) is 4. The van der Waals surface area contributed by atoms with Crippen LogP contribution in [0.3, 0.4) is 0 Å². The summed E-state index contributed by atoms with van der Waals surface area (Å²) in [6, 6.07) is 11.1. The predicted octanol–water partition coefficient (Wildman–Crippen LogP) is 2.36. The number of carbonyl (C=O) groups excluding carboxylic acids is 1. The van der Waals surface area contributed by atoms with Gasteiger partial charge in [-0.25, -0.2) is 9.07 Å². The van der Waals surface area contributed by atoms with Crippen LogP contribution in [0.5, 0.6) is 0 Å². The van der Waals surface area contributed by atoms with E-state index in [0.29, 0.717) is 22.5 Å². The third-order valence-corrected chi connectivity index (χ3v) is 3.16. The number of carbonyl (C=O) groups is 1. The predicted molar refractivity (Wildman–Crippen MR) is 78.2 cm³/mol. The first-order valence-corrected chi connectivity index (χ1v) is 6.54. The van der Waals surface area contributed by atoms with Crippen LogP contribution in [-0.2, 0) is 0 Å². The topological polar surface area (TPSA) is 72.7 Å². The van der Waals surface area contributed by atoms with Gasteiger partial charge in [-0.05, 0) is 59.3 Å². The summed E-state index contributed by atoms with van der Waals surface area (Å²) in [5.74, 6) is -0.624. The highest BCUT2D eigenvalue weighted by Crippen LogP contribution is 2.17. The van der Waals surface area contributed by atoms with Crippen molar-refractivity contribution in [1.82, 2.24) is 20.2 Å². The Kier molecular flexibility index (Phi) is 3.61. The van der Waals surface area contributed by atoms with E-state index in [1.807, 2.05) is 0 Å². The molecule has 110 valence electrons. The Morgan fingerprint density at radius 1 is 1.23 bits per heavy atom. The fourth-order valence-electron chi connectivity index (χ4n) is 2.03. The summed E-state index contributed by atoms with van der Waals surface area (Å²) in [6.45, 7) is 1.73. The quantitative estimate of drug-likeness (QED) is 0.805. The van der Waals surface area contributed by atoms with Gasteiger partial charge in [0.05, 0.1) is 5.69 Å². The molecule has 0 saturated heterocycles. The third kappa shape index (κ3) is 2.83. The highest BCUT2D eigenvalue weighted by atomic mass is 19.1. The Bertz CT molecular complexity index is 817. The molecule has 6 nitrogen and oxygen atoms in total. The fraction of sp³-hybridized carbons (Fsp3) is 0.0667. The van der Waals surface area contributed by atoms with Crippen LogP contribution in [0.2, 0.25) is 0 Å². The van der Waals surface area contributed by atoms with Crippen molar-refractivity contribution >= 4 is 11.6 Å². The molecule has 22 heavy (non-hydrogen) atoms. The van der Waals surface area contributed by atoms with E-state index in [9.17, 15) is 9.18 Å². The Morgan fingerprint density at radius 2 is 2.09 bits per heavy atom. The number of nitrogens with zero attached hydrogens (tertiary/aromatic N) is 4. The number of amides is 1. The van der Waals surface area contributed by atoms with E-state index < -0.39 is 0 Å². The van der Waals surface area contributed by atoms with Crippen LogP contribution in [0, 0.1) is 12.7 Å². The van der Waals surface area contributed by atoms with Crippen molar-refractivity contribution < 1.29 is 9.18 Å². The minimum absolute atomic E-state index is 0.287. The number of tetrazole rings is 1. The standard InChI is InChI=1S/C15H12FN5O/c1-10-7-12(16)5-6-14(10)18-15(22)11-3-2-4-13(8-11)21-9-17-19-20-21/h2-9H,1H3,(H,18,22). The van der Waals surface area contributed by atoms with Gasteiger partial charge in [-0.3, -0.25) is 4.79 Å². The molecule has 0 bridgehead atoms. The number of halogens is 1. The number of rotatable bonds is 3. The number of hydrogen-bond donors (Lipinski definition) is 1. The van der Waals surface area contributed by atoms with Crippen LogP contribution in [0.25, 0.3) is 5.69 Å². The number of nitrogens with one attached hydrogen (secondary N) is 1. The normalized spacial score (nSPS) is 10.5. The average molecular weight is 297 g/mol. The highest BCUT2D eigenvalue weighted by Gasteiger charge is 2.10. The molecule has 0 saturated carbocycles. The van der Waals surface area contributed by atoms with Gasteiger partial charge in [0, 0.05) is 11.3 Å². The zero-order chi connectivity index (χ0) is 15.5. The SMILES string of the molecule is Cc1cc(F)ccc1NC(=O)c1cccc(-n2cnnn2)c1. The Hall–Kier alpha value is -3.09. The second-order valence-corrected chi connectivity index (χ2v) is 4.72. The number of benzene rings is 2. The first kappa shape index (κ1) is 13.9. The van der Waals surface area contributed by atoms with E-state index in [4.69, 9.17) is 0 Å². The summed E-state index contributed by atoms with van der Waals surface area (Å²) >= 11 is 0. The van der Waals surface area contributed by atoms with Crippen LogP contribution in [-0.4, -0.2) is 26.1 Å². The molecule has 0 atom stereocenters. The lowest BCUT2D eigenvalue weighted by atomic mass is 10.1. The maximum Gasteiger partial charge on any atom is 0.255 e. The van der Waals surface area contributed by atoms with Crippen LogP contribution in [0.1, 0.15) is 15.9 Å². The number of aryl methyl sites for hydroxylation is 1. The summed E-state index contributed by atoms with van der Waals surface area (Å²) in [4.78, 5) is 12.3. The molecule has 1 heterocycles. The summed E-state index contributed by atoms with van der Waals surface area (Å²) in [7, 11) is 0. The lowest BCUT2D eigenvalue weighted by Crippen LogP contribution is -2.13. The molecule has 7 heteroatoms. The van der Waals surface area contributed by atoms with E-state index >= 15 is 0 Å². The molecular formula is C15H12FN5O. The molecule has 0 aliphatic heterocycles. The molecule has 1 aromatic heterocycles. The minimum atomic E-state index is -0.337. The lowest BCUT2D eigenvalue weighted by Gasteiger charge is -2.09. The molecular weight excluding hydrogens is 285 g/mol. The summed E-state index contributed by atoms with van der Waals surface area (Å²) in [5.41, 5.74) is 2.36. The largest absolute Gasteiger partial charge is 0.322 e. The smallest absolute Gasteiger partial charge is 0.255 e. The van der Waals surface area contributed by atoms with E-state index in [1.165, 1.54) is 29.2 Å². The van der Waals surface area contributed by atoms with Gasteiger partial charge in [-0.2, -0.15) is 0 Å². The van der Waals surface area contributed by atoms with Crippen molar-refractivity contribution in [3.63, 3.8) is 0 Å². The first-order chi connectivity index (χ1) is 10.6. The van der Waals surface area contributed by atoms with E-state index in [-0.39, 0.29) is 11.7 Å². The van der Waals surface area contributed by atoms with Crippen LogP contribution in [0.4, 0.5) is 10.1 Å². The fourth-order valence-corrected chi connectivity index (χ4v) is 2.03. The molecule has 3 aromatic rings. The van der Waals surface area contributed by atoms with Crippen LogP contribution >= 0.6 is 0 Å². The van der Waals surface area contributed by atoms with Gasteiger partial charge in [0.1, 0.15) is 12.1 Å². The van der Waals surface area contributed by atoms with Crippen molar-refractivity contribution in [1.29, 1.82) is 0 Å². The summed E-state index contributed by atoms with van der Waals surface area (Å²) in [5, 5.41) is 13.7. The van der Waals surface area contributed by atoms with Crippen LogP contribution in [0.15, 0.2) is 48.8 Å². The van der Waals surface area contributed by atoms with Gasteiger partial charge < -0.3 is 5.32 Å². The Labute approximate surface area is 125 Å². The average Bonchev–Trinajstić information content (AvgIpc) is 3.04. The Morgan fingerprint density at radius 3 is 2.82 bits per heavy atom. The molecule has 3 rings (SSSR count). The lowest BCUT2D eigenvalue weighted by molar-refractivity contribution is 0.102. The third-order valence-electron chi connectivity index (χ3n) is 3.16. The molecule has 0 aliphatic rings. The molecule has 0 unspecified atom stereocenters. The molecule has 1 amide bonds. The summed E-state index contributed by atoms with van der Waals surface area (Å²) < 4.78 is 14.5. The van der Waals surface area contributed by atoms with Gasteiger partial charge in [-0.15, -0.1) is 5.10 Å². The van der Waals surface area contributed by atoms with Gasteiger partial charge in [0.25, 0.3) is 5.91 Å². The van der Waals surface area contributed by atoms with E-state index in [0.717, 1.165) is 0 Å². The highest BCUT2D eigenvalue weighted by molar-refractivity contribution is 6.04. The Balaban J connectivity index is 1.85. The molecule has 0 aliphatic carbocycles. The summed E-state index contributed by atoms with van der Waals surface area (Å²) in [6.07, 6.45) is 1.45. The molecule has 0 fully saturated rings.